The second-order valence-corrected chi connectivity index (χ2v) is 4.91. The van der Waals surface area contributed by atoms with Gasteiger partial charge in [0, 0.05) is 18.1 Å². The summed E-state index contributed by atoms with van der Waals surface area (Å²) in [4.78, 5) is 20.6. The second-order valence-electron chi connectivity index (χ2n) is 4.91. The van der Waals surface area contributed by atoms with Crippen molar-refractivity contribution in [1.82, 2.24) is 9.97 Å². The number of anilines is 1. The van der Waals surface area contributed by atoms with E-state index in [0.717, 1.165) is 27.8 Å². The fourth-order valence-electron chi connectivity index (χ4n) is 2.23. The Bertz CT molecular complexity index is 799. The van der Waals surface area contributed by atoms with Crippen LogP contribution in [0.1, 0.15) is 11.1 Å². The van der Waals surface area contributed by atoms with E-state index < -0.39 is 0 Å². The van der Waals surface area contributed by atoms with Crippen molar-refractivity contribution in [3.8, 4) is 0 Å². The maximum atomic E-state index is 12.1. The second kappa shape index (κ2) is 5.71. The maximum absolute atomic E-state index is 12.1. The van der Waals surface area contributed by atoms with Crippen molar-refractivity contribution < 1.29 is 4.79 Å². The number of hydrogen-bond donors (Lipinski definition) is 1. The molecule has 0 spiro atoms. The molecular weight excluding hydrogens is 262 g/mol. The quantitative estimate of drug-likeness (QED) is 0.800. The van der Waals surface area contributed by atoms with Gasteiger partial charge >= 0.3 is 0 Å². The molecule has 0 bridgehead atoms. The van der Waals surface area contributed by atoms with Gasteiger partial charge in [0.15, 0.2) is 0 Å². The standard InChI is InChI=1S/C17H15N3O/c1-12-4-2-3-5-13(12)10-17(21)20-14-6-7-15-16(11-14)19-9-8-18-15/h2-9,11H,10H2,1H3,(H,20,21). The molecule has 2 aromatic carbocycles. The molecular formula is C17H15N3O. The molecule has 3 aromatic rings. The van der Waals surface area contributed by atoms with E-state index in [1.165, 1.54) is 0 Å². The number of amides is 1. The van der Waals surface area contributed by atoms with Crippen LogP contribution in [0.15, 0.2) is 54.9 Å². The molecule has 1 aromatic heterocycles. The molecule has 0 unspecified atom stereocenters. The van der Waals surface area contributed by atoms with E-state index in [1.54, 1.807) is 12.4 Å². The van der Waals surface area contributed by atoms with Crippen LogP contribution in [0, 0.1) is 6.92 Å². The van der Waals surface area contributed by atoms with Gasteiger partial charge in [0.05, 0.1) is 17.5 Å². The Morgan fingerprint density at radius 1 is 1.05 bits per heavy atom. The van der Waals surface area contributed by atoms with E-state index in [0.29, 0.717) is 6.42 Å². The number of aromatic nitrogens is 2. The highest BCUT2D eigenvalue weighted by atomic mass is 16.1. The molecule has 0 aliphatic heterocycles. The Balaban J connectivity index is 1.75. The molecule has 21 heavy (non-hydrogen) atoms. The van der Waals surface area contributed by atoms with Crippen LogP contribution >= 0.6 is 0 Å². The first kappa shape index (κ1) is 13.2. The van der Waals surface area contributed by atoms with Crippen LogP contribution < -0.4 is 5.32 Å². The van der Waals surface area contributed by atoms with Gasteiger partial charge in [0.25, 0.3) is 0 Å². The lowest BCUT2D eigenvalue weighted by Gasteiger charge is -2.08. The van der Waals surface area contributed by atoms with Gasteiger partial charge in [-0.25, -0.2) is 0 Å². The van der Waals surface area contributed by atoms with Crippen molar-refractivity contribution in [2.24, 2.45) is 0 Å². The summed E-state index contributed by atoms with van der Waals surface area (Å²) in [7, 11) is 0. The van der Waals surface area contributed by atoms with Gasteiger partial charge in [-0.1, -0.05) is 24.3 Å². The van der Waals surface area contributed by atoms with Gasteiger partial charge in [0.2, 0.25) is 5.91 Å². The zero-order chi connectivity index (χ0) is 14.7. The third kappa shape index (κ3) is 3.05. The first-order chi connectivity index (χ1) is 10.2. The Kier molecular flexibility index (Phi) is 3.60. The van der Waals surface area contributed by atoms with Crippen LogP contribution in [0.25, 0.3) is 11.0 Å². The molecule has 0 atom stereocenters. The summed E-state index contributed by atoms with van der Waals surface area (Å²) in [5.41, 5.74) is 4.48. The first-order valence-electron chi connectivity index (χ1n) is 6.77. The first-order valence-corrected chi connectivity index (χ1v) is 6.77. The summed E-state index contributed by atoms with van der Waals surface area (Å²) in [5.74, 6) is -0.0347. The number of fused-ring (bicyclic) bond motifs is 1. The fourth-order valence-corrected chi connectivity index (χ4v) is 2.23. The smallest absolute Gasteiger partial charge is 0.228 e. The van der Waals surface area contributed by atoms with Crippen molar-refractivity contribution in [3.63, 3.8) is 0 Å². The van der Waals surface area contributed by atoms with Gasteiger partial charge < -0.3 is 5.32 Å². The van der Waals surface area contributed by atoms with Gasteiger partial charge in [-0.2, -0.15) is 0 Å². The maximum Gasteiger partial charge on any atom is 0.228 e. The minimum absolute atomic E-state index is 0.0347. The molecule has 3 rings (SSSR count). The van der Waals surface area contributed by atoms with Crippen molar-refractivity contribution in [1.29, 1.82) is 0 Å². The number of nitrogens with one attached hydrogen (secondary N) is 1. The van der Waals surface area contributed by atoms with Crippen molar-refractivity contribution >= 4 is 22.6 Å². The monoisotopic (exact) mass is 277 g/mol. The zero-order valence-corrected chi connectivity index (χ0v) is 11.7. The van der Waals surface area contributed by atoms with Gasteiger partial charge in [-0.05, 0) is 36.2 Å². The molecule has 1 heterocycles. The number of rotatable bonds is 3. The van der Waals surface area contributed by atoms with Crippen LogP contribution in [0.3, 0.4) is 0 Å². The average Bonchev–Trinajstić information content (AvgIpc) is 2.49. The minimum atomic E-state index is -0.0347. The molecule has 4 heteroatoms. The fraction of sp³-hybridized carbons (Fsp3) is 0.118. The molecule has 0 fully saturated rings. The Hall–Kier alpha value is -2.75. The Morgan fingerprint density at radius 2 is 1.81 bits per heavy atom. The number of benzene rings is 2. The van der Waals surface area contributed by atoms with Crippen LogP contribution in [-0.4, -0.2) is 15.9 Å². The van der Waals surface area contributed by atoms with E-state index in [9.17, 15) is 4.79 Å². The summed E-state index contributed by atoms with van der Waals surface area (Å²) < 4.78 is 0. The van der Waals surface area contributed by atoms with E-state index in [-0.39, 0.29) is 5.91 Å². The minimum Gasteiger partial charge on any atom is -0.326 e. The largest absolute Gasteiger partial charge is 0.326 e. The molecule has 1 amide bonds. The van der Waals surface area contributed by atoms with E-state index in [2.05, 4.69) is 15.3 Å². The van der Waals surface area contributed by atoms with Crippen molar-refractivity contribution in [3.05, 3.63) is 66.0 Å². The SMILES string of the molecule is Cc1ccccc1CC(=O)Nc1ccc2nccnc2c1. The van der Waals surface area contributed by atoms with E-state index in [1.807, 2.05) is 49.4 Å². The normalized spacial score (nSPS) is 10.5. The molecule has 0 radical (unpaired) electrons. The number of hydrogen-bond acceptors (Lipinski definition) is 3. The topological polar surface area (TPSA) is 54.9 Å². The molecule has 1 N–H and O–H groups in total. The van der Waals surface area contributed by atoms with Gasteiger partial charge in [-0.3, -0.25) is 14.8 Å². The highest BCUT2D eigenvalue weighted by Crippen LogP contribution is 2.16. The zero-order valence-electron chi connectivity index (χ0n) is 11.7. The molecule has 4 nitrogen and oxygen atoms in total. The molecule has 0 saturated carbocycles. The Labute approximate surface area is 122 Å². The number of aryl methyl sites for hydroxylation is 1. The van der Waals surface area contributed by atoms with Crippen LogP contribution in [0.4, 0.5) is 5.69 Å². The van der Waals surface area contributed by atoms with Gasteiger partial charge in [-0.15, -0.1) is 0 Å². The lowest BCUT2D eigenvalue weighted by atomic mass is 10.1. The van der Waals surface area contributed by atoms with Crippen molar-refractivity contribution in [2.45, 2.75) is 13.3 Å². The number of carbonyl (C=O) groups is 1. The summed E-state index contributed by atoms with van der Waals surface area (Å²) >= 11 is 0. The number of carbonyl (C=O) groups excluding carboxylic acids is 1. The number of nitrogens with zero attached hydrogens (tertiary/aromatic N) is 2. The van der Waals surface area contributed by atoms with Crippen LogP contribution in [0.5, 0.6) is 0 Å². The average molecular weight is 277 g/mol. The van der Waals surface area contributed by atoms with Crippen LogP contribution in [-0.2, 0) is 11.2 Å². The van der Waals surface area contributed by atoms with Crippen LogP contribution in [0.2, 0.25) is 0 Å². The summed E-state index contributed by atoms with van der Waals surface area (Å²) in [6, 6.07) is 13.4. The third-order valence-electron chi connectivity index (χ3n) is 3.37. The summed E-state index contributed by atoms with van der Waals surface area (Å²) in [5, 5.41) is 2.90. The van der Waals surface area contributed by atoms with Gasteiger partial charge in [0.1, 0.15) is 0 Å². The van der Waals surface area contributed by atoms with E-state index >= 15 is 0 Å². The Morgan fingerprint density at radius 3 is 2.62 bits per heavy atom. The predicted octanol–water partition coefficient (Wildman–Crippen LogP) is 3.12. The lowest BCUT2D eigenvalue weighted by molar-refractivity contribution is -0.115. The lowest BCUT2D eigenvalue weighted by Crippen LogP contribution is -2.15. The van der Waals surface area contributed by atoms with Crippen molar-refractivity contribution in [2.75, 3.05) is 5.32 Å². The highest BCUT2D eigenvalue weighted by molar-refractivity contribution is 5.94. The predicted molar refractivity (Wildman–Crippen MR) is 83.1 cm³/mol. The molecule has 0 saturated heterocycles. The molecule has 0 aliphatic rings. The highest BCUT2D eigenvalue weighted by Gasteiger charge is 2.07. The molecule has 0 aliphatic carbocycles. The summed E-state index contributed by atoms with van der Waals surface area (Å²) in [6.45, 7) is 2.01. The van der Waals surface area contributed by atoms with E-state index in [4.69, 9.17) is 0 Å². The molecule has 104 valence electrons. The third-order valence-corrected chi connectivity index (χ3v) is 3.37. The summed E-state index contributed by atoms with van der Waals surface area (Å²) in [6.07, 6.45) is 3.66.